The Bertz CT molecular complexity index is 1090. The van der Waals surface area contributed by atoms with Crippen molar-refractivity contribution in [2.24, 2.45) is 5.92 Å². The highest BCUT2D eigenvalue weighted by Crippen LogP contribution is 2.28. The summed E-state index contributed by atoms with van der Waals surface area (Å²) in [4.78, 5) is 12.4. The van der Waals surface area contributed by atoms with Gasteiger partial charge in [-0.15, -0.1) is 10.2 Å². The summed E-state index contributed by atoms with van der Waals surface area (Å²) in [6, 6.07) is 12.3. The van der Waals surface area contributed by atoms with Gasteiger partial charge in [0, 0.05) is 12.2 Å². The molecule has 33 heavy (non-hydrogen) atoms. The van der Waals surface area contributed by atoms with Crippen LogP contribution in [-0.4, -0.2) is 33.5 Å². The predicted molar refractivity (Wildman–Crippen MR) is 133 cm³/mol. The number of ether oxygens (including phenoxy) is 2. The lowest BCUT2D eigenvalue weighted by atomic mass is 10.2. The number of methoxy groups -OCH3 is 1. The Kier molecular flexibility index (Phi) is 8.88. The summed E-state index contributed by atoms with van der Waals surface area (Å²) < 4.78 is 13.3. The second-order valence-electron chi connectivity index (χ2n) is 7.75. The molecule has 0 spiro atoms. The van der Waals surface area contributed by atoms with E-state index < -0.39 is 0 Å². The first-order valence-electron chi connectivity index (χ1n) is 10.4. The lowest BCUT2D eigenvalue weighted by molar-refractivity contribution is -0.113. The van der Waals surface area contributed by atoms with Crippen LogP contribution < -0.4 is 14.8 Å². The van der Waals surface area contributed by atoms with Gasteiger partial charge in [-0.1, -0.05) is 48.8 Å². The molecule has 0 bridgehead atoms. The number of thioether (sulfide) groups is 1. The molecule has 0 fully saturated rings. The molecule has 10 heteroatoms. The third kappa shape index (κ3) is 7.03. The number of nitrogens with zero attached hydrogens (tertiary/aromatic N) is 3. The van der Waals surface area contributed by atoms with Crippen molar-refractivity contribution in [1.82, 2.24) is 14.8 Å². The first-order valence-corrected chi connectivity index (χ1v) is 12.1. The monoisotopic (exact) mass is 508 g/mol. The van der Waals surface area contributed by atoms with E-state index in [9.17, 15) is 4.79 Å². The van der Waals surface area contributed by atoms with Gasteiger partial charge in [-0.05, 0) is 55.3 Å². The number of carbonyl (C=O) groups excluding carboxylic acids is 1. The number of carbonyl (C=O) groups is 1. The Morgan fingerprint density at radius 2 is 1.76 bits per heavy atom. The minimum atomic E-state index is -0.330. The lowest BCUT2D eigenvalue weighted by Gasteiger charge is -2.18. The van der Waals surface area contributed by atoms with Crippen molar-refractivity contribution in [3.63, 3.8) is 0 Å². The number of nitrogens with one attached hydrogen (secondary N) is 1. The van der Waals surface area contributed by atoms with Crippen LogP contribution in [0.15, 0.2) is 47.6 Å². The second-order valence-corrected chi connectivity index (χ2v) is 9.50. The fraction of sp³-hybridized carbons (Fsp3) is 0.348. The molecule has 3 rings (SSSR count). The molecule has 0 aliphatic carbocycles. The minimum absolute atomic E-state index is 0.171. The molecule has 0 saturated carbocycles. The first-order chi connectivity index (χ1) is 15.8. The summed E-state index contributed by atoms with van der Waals surface area (Å²) in [5, 5.41) is 13.0. The van der Waals surface area contributed by atoms with Crippen LogP contribution in [0.2, 0.25) is 10.0 Å². The predicted octanol–water partition coefficient (Wildman–Crippen LogP) is 6.12. The van der Waals surface area contributed by atoms with Gasteiger partial charge in [0.2, 0.25) is 5.91 Å². The molecular weight excluding hydrogens is 483 g/mol. The second kappa shape index (κ2) is 11.6. The van der Waals surface area contributed by atoms with Gasteiger partial charge in [-0.25, -0.2) is 0 Å². The number of rotatable bonds is 10. The van der Waals surface area contributed by atoms with Crippen LogP contribution in [0.25, 0.3) is 0 Å². The molecule has 1 N–H and O–H groups in total. The molecule has 1 unspecified atom stereocenters. The van der Waals surface area contributed by atoms with Crippen LogP contribution in [0.1, 0.15) is 32.7 Å². The average molecular weight is 509 g/mol. The van der Waals surface area contributed by atoms with Gasteiger partial charge in [0.05, 0.1) is 22.9 Å². The van der Waals surface area contributed by atoms with Crippen molar-refractivity contribution in [2.75, 3.05) is 18.2 Å². The number of aromatic nitrogens is 3. The van der Waals surface area contributed by atoms with E-state index in [-0.39, 0.29) is 17.8 Å². The van der Waals surface area contributed by atoms with Crippen molar-refractivity contribution in [1.29, 1.82) is 0 Å². The van der Waals surface area contributed by atoms with Crippen molar-refractivity contribution < 1.29 is 14.3 Å². The Labute approximate surface area is 207 Å². The Morgan fingerprint density at radius 3 is 2.39 bits per heavy atom. The van der Waals surface area contributed by atoms with Gasteiger partial charge in [-0.2, -0.15) is 0 Å². The summed E-state index contributed by atoms with van der Waals surface area (Å²) in [7, 11) is 1.62. The highest BCUT2D eigenvalue weighted by atomic mass is 35.5. The van der Waals surface area contributed by atoms with Crippen LogP contribution in [0.3, 0.4) is 0 Å². The van der Waals surface area contributed by atoms with Crippen molar-refractivity contribution in [2.45, 2.75) is 38.6 Å². The highest BCUT2D eigenvalue weighted by molar-refractivity contribution is 7.99. The lowest BCUT2D eigenvalue weighted by Crippen LogP contribution is -2.17. The van der Waals surface area contributed by atoms with E-state index >= 15 is 0 Å². The molecule has 1 amide bonds. The zero-order valence-electron chi connectivity index (χ0n) is 18.8. The van der Waals surface area contributed by atoms with Gasteiger partial charge in [0.25, 0.3) is 0 Å². The Morgan fingerprint density at radius 1 is 1.06 bits per heavy atom. The number of halogens is 2. The molecule has 3 aromatic rings. The SMILES string of the molecule is COc1ccc(OC(C)c2nnc(SCC(=O)Nc3ccc(Cl)c(Cl)c3)n2CC(C)C)cc1. The van der Waals surface area contributed by atoms with Crippen LogP contribution in [0, 0.1) is 5.92 Å². The number of amides is 1. The molecule has 2 aromatic carbocycles. The highest BCUT2D eigenvalue weighted by Gasteiger charge is 2.21. The molecule has 1 aromatic heterocycles. The molecule has 176 valence electrons. The Hall–Kier alpha value is -2.42. The van der Waals surface area contributed by atoms with E-state index in [0.29, 0.717) is 44.9 Å². The molecule has 0 saturated heterocycles. The maximum atomic E-state index is 12.4. The smallest absolute Gasteiger partial charge is 0.234 e. The van der Waals surface area contributed by atoms with Crippen LogP contribution in [0.4, 0.5) is 5.69 Å². The number of benzene rings is 2. The van der Waals surface area contributed by atoms with E-state index in [0.717, 1.165) is 5.75 Å². The topological polar surface area (TPSA) is 78.3 Å². The van der Waals surface area contributed by atoms with Gasteiger partial charge in [0.15, 0.2) is 17.1 Å². The molecule has 1 heterocycles. The fourth-order valence-corrected chi connectivity index (χ4v) is 4.11. The summed E-state index contributed by atoms with van der Waals surface area (Å²) in [5.74, 6) is 2.52. The quantitative estimate of drug-likeness (QED) is 0.332. The van der Waals surface area contributed by atoms with E-state index in [4.69, 9.17) is 32.7 Å². The summed E-state index contributed by atoms with van der Waals surface area (Å²) in [6.07, 6.45) is -0.330. The van der Waals surface area contributed by atoms with E-state index in [1.54, 1.807) is 25.3 Å². The maximum Gasteiger partial charge on any atom is 0.234 e. The van der Waals surface area contributed by atoms with Crippen molar-refractivity contribution >= 4 is 46.6 Å². The summed E-state index contributed by atoms with van der Waals surface area (Å²) >= 11 is 13.3. The third-order valence-electron chi connectivity index (χ3n) is 4.56. The average Bonchev–Trinajstić information content (AvgIpc) is 3.17. The van der Waals surface area contributed by atoms with Crippen LogP contribution >= 0.6 is 35.0 Å². The molecule has 1 atom stereocenters. The Balaban J connectivity index is 1.68. The third-order valence-corrected chi connectivity index (χ3v) is 6.27. The molecule has 0 aliphatic heterocycles. The van der Waals surface area contributed by atoms with E-state index in [1.807, 2.05) is 35.8 Å². The van der Waals surface area contributed by atoms with Gasteiger partial charge in [-0.3, -0.25) is 4.79 Å². The largest absolute Gasteiger partial charge is 0.497 e. The summed E-state index contributed by atoms with van der Waals surface area (Å²) in [5.41, 5.74) is 0.584. The standard InChI is InChI=1S/C23H26Cl2N4O3S/c1-14(2)12-29-22(15(3)32-18-8-6-17(31-4)7-9-18)27-28-23(29)33-13-21(30)26-16-5-10-19(24)20(25)11-16/h5-11,14-15H,12-13H2,1-4H3,(H,26,30). The molecule has 7 nitrogen and oxygen atoms in total. The zero-order chi connectivity index (χ0) is 24.0. The van der Waals surface area contributed by atoms with Crippen molar-refractivity contribution in [3.8, 4) is 11.5 Å². The van der Waals surface area contributed by atoms with Gasteiger partial charge in [0.1, 0.15) is 11.5 Å². The normalized spacial score (nSPS) is 12.0. The number of hydrogen-bond acceptors (Lipinski definition) is 6. The van der Waals surface area contributed by atoms with Crippen LogP contribution in [0.5, 0.6) is 11.5 Å². The summed E-state index contributed by atoms with van der Waals surface area (Å²) in [6.45, 7) is 6.86. The maximum absolute atomic E-state index is 12.4. The van der Waals surface area contributed by atoms with Gasteiger partial charge >= 0.3 is 0 Å². The first kappa shape index (κ1) is 25.2. The zero-order valence-corrected chi connectivity index (χ0v) is 21.2. The van der Waals surface area contributed by atoms with Gasteiger partial charge < -0.3 is 19.4 Å². The minimum Gasteiger partial charge on any atom is -0.497 e. The van der Waals surface area contributed by atoms with Crippen molar-refractivity contribution in [3.05, 3.63) is 58.3 Å². The van der Waals surface area contributed by atoms with E-state index in [2.05, 4.69) is 29.4 Å². The fourth-order valence-electron chi connectivity index (χ4n) is 3.06. The number of anilines is 1. The molecule has 0 aliphatic rings. The molecule has 0 radical (unpaired) electrons. The molecular formula is C23H26Cl2N4O3S. The van der Waals surface area contributed by atoms with Crippen LogP contribution in [-0.2, 0) is 11.3 Å². The number of hydrogen-bond donors (Lipinski definition) is 1. The van der Waals surface area contributed by atoms with E-state index in [1.165, 1.54) is 11.8 Å².